The lowest BCUT2D eigenvalue weighted by Crippen LogP contribution is -2.31. The summed E-state index contributed by atoms with van der Waals surface area (Å²) in [6.45, 7) is 4.18. The van der Waals surface area contributed by atoms with Gasteiger partial charge in [0.15, 0.2) is 0 Å². The van der Waals surface area contributed by atoms with Crippen molar-refractivity contribution in [3.63, 3.8) is 0 Å². The topological polar surface area (TPSA) is 20.2 Å². The van der Waals surface area contributed by atoms with Crippen LogP contribution in [0.3, 0.4) is 0 Å². The monoisotopic (exact) mass is 250 g/mol. The summed E-state index contributed by atoms with van der Waals surface area (Å²) in [6.07, 6.45) is 5.80. The molecule has 2 unspecified atom stereocenters. The molecule has 2 atom stereocenters. The second-order valence-electron chi connectivity index (χ2n) is 6.01. The minimum Gasteiger partial charge on any atom is -0.390 e. The SMILES string of the molecule is Cc1cc(F)ccc1CC1(O)CCCC(C)CC1. The van der Waals surface area contributed by atoms with E-state index in [0.29, 0.717) is 12.3 Å². The quantitative estimate of drug-likeness (QED) is 0.786. The van der Waals surface area contributed by atoms with Crippen LogP contribution in [0.25, 0.3) is 0 Å². The van der Waals surface area contributed by atoms with Crippen molar-refractivity contribution in [3.8, 4) is 0 Å². The largest absolute Gasteiger partial charge is 0.390 e. The molecule has 2 rings (SSSR count). The van der Waals surface area contributed by atoms with Crippen LogP contribution in [0.4, 0.5) is 4.39 Å². The summed E-state index contributed by atoms with van der Waals surface area (Å²) in [6, 6.07) is 4.86. The molecule has 0 radical (unpaired) electrons. The van der Waals surface area contributed by atoms with E-state index in [0.717, 1.165) is 36.8 Å². The highest BCUT2D eigenvalue weighted by Gasteiger charge is 2.30. The molecular formula is C16H23FO. The number of benzene rings is 1. The summed E-state index contributed by atoms with van der Waals surface area (Å²) in [5.41, 5.74) is 1.43. The van der Waals surface area contributed by atoms with Crippen LogP contribution in [0.15, 0.2) is 18.2 Å². The van der Waals surface area contributed by atoms with Gasteiger partial charge in [0.05, 0.1) is 5.60 Å². The predicted molar refractivity (Wildman–Crippen MR) is 72.0 cm³/mol. The first-order valence-corrected chi connectivity index (χ1v) is 6.96. The lowest BCUT2D eigenvalue weighted by molar-refractivity contribution is 0.0242. The van der Waals surface area contributed by atoms with Crippen LogP contribution in [0.5, 0.6) is 0 Å². The first-order chi connectivity index (χ1) is 8.48. The number of aliphatic hydroxyl groups is 1. The van der Waals surface area contributed by atoms with Gasteiger partial charge in [0.25, 0.3) is 0 Å². The fraction of sp³-hybridized carbons (Fsp3) is 0.625. The Kier molecular flexibility index (Phi) is 4.06. The summed E-state index contributed by atoms with van der Waals surface area (Å²) in [7, 11) is 0. The molecule has 0 bridgehead atoms. The Bertz CT molecular complexity index is 416. The first-order valence-electron chi connectivity index (χ1n) is 6.96. The number of rotatable bonds is 2. The smallest absolute Gasteiger partial charge is 0.123 e. The van der Waals surface area contributed by atoms with Gasteiger partial charge in [-0.05, 0) is 55.4 Å². The van der Waals surface area contributed by atoms with E-state index in [4.69, 9.17) is 0 Å². The van der Waals surface area contributed by atoms with Gasteiger partial charge in [0.2, 0.25) is 0 Å². The van der Waals surface area contributed by atoms with Gasteiger partial charge in [-0.15, -0.1) is 0 Å². The molecule has 1 aromatic carbocycles. The van der Waals surface area contributed by atoms with E-state index < -0.39 is 5.60 Å². The van der Waals surface area contributed by atoms with Crippen LogP contribution >= 0.6 is 0 Å². The lowest BCUT2D eigenvalue weighted by atomic mass is 9.86. The van der Waals surface area contributed by atoms with E-state index in [9.17, 15) is 9.50 Å². The third kappa shape index (κ3) is 3.32. The van der Waals surface area contributed by atoms with E-state index in [-0.39, 0.29) is 5.82 Å². The fourth-order valence-corrected chi connectivity index (χ4v) is 2.95. The molecule has 1 fully saturated rings. The van der Waals surface area contributed by atoms with Crippen LogP contribution in [0.2, 0.25) is 0 Å². The summed E-state index contributed by atoms with van der Waals surface area (Å²) in [5, 5.41) is 10.7. The molecule has 0 spiro atoms. The van der Waals surface area contributed by atoms with E-state index in [2.05, 4.69) is 6.92 Å². The Morgan fingerprint density at radius 1 is 1.33 bits per heavy atom. The molecule has 1 aliphatic rings. The van der Waals surface area contributed by atoms with Gasteiger partial charge in [0, 0.05) is 6.42 Å². The van der Waals surface area contributed by atoms with E-state index in [1.165, 1.54) is 12.5 Å². The van der Waals surface area contributed by atoms with Crippen molar-refractivity contribution in [3.05, 3.63) is 35.1 Å². The zero-order chi connectivity index (χ0) is 13.2. The summed E-state index contributed by atoms with van der Waals surface area (Å²) < 4.78 is 13.1. The highest BCUT2D eigenvalue weighted by molar-refractivity contribution is 5.28. The number of aryl methyl sites for hydroxylation is 1. The summed E-state index contributed by atoms with van der Waals surface area (Å²) in [5.74, 6) is 0.520. The van der Waals surface area contributed by atoms with Gasteiger partial charge in [-0.25, -0.2) is 4.39 Å². The molecule has 1 aliphatic carbocycles. The molecule has 2 heteroatoms. The highest BCUT2D eigenvalue weighted by atomic mass is 19.1. The molecular weight excluding hydrogens is 227 g/mol. The van der Waals surface area contributed by atoms with Gasteiger partial charge >= 0.3 is 0 Å². The molecule has 1 N–H and O–H groups in total. The minimum absolute atomic E-state index is 0.197. The molecule has 0 heterocycles. The zero-order valence-electron chi connectivity index (χ0n) is 11.4. The lowest BCUT2D eigenvalue weighted by Gasteiger charge is -2.27. The molecule has 1 saturated carbocycles. The van der Waals surface area contributed by atoms with Gasteiger partial charge in [-0.3, -0.25) is 0 Å². The Hall–Kier alpha value is -0.890. The van der Waals surface area contributed by atoms with E-state index >= 15 is 0 Å². The zero-order valence-corrected chi connectivity index (χ0v) is 11.4. The van der Waals surface area contributed by atoms with Gasteiger partial charge < -0.3 is 5.11 Å². The minimum atomic E-state index is -0.590. The van der Waals surface area contributed by atoms with Crippen molar-refractivity contribution >= 4 is 0 Å². The Balaban J connectivity index is 2.11. The van der Waals surface area contributed by atoms with Gasteiger partial charge in [-0.1, -0.05) is 25.8 Å². The molecule has 100 valence electrons. The number of halogens is 1. The summed E-state index contributed by atoms with van der Waals surface area (Å²) >= 11 is 0. The third-order valence-electron chi connectivity index (χ3n) is 4.27. The number of hydrogen-bond donors (Lipinski definition) is 1. The fourth-order valence-electron chi connectivity index (χ4n) is 2.95. The highest BCUT2D eigenvalue weighted by Crippen LogP contribution is 2.33. The maximum absolute atomic E-state index is 13.1. The van der Waals surface area contributed by atoms with Crippen LogP contribution in [0, 0.1) is 18.7 Å². The normalized spacial score (nSPS) is 29.0. The first kappa shape index (κ1) is 13.5. The Morgan fingerprint density at radius 3 is 2.83 bits per heavy atom. The molecule has 0 aromatic heterocycles. The molecule has 1 nitrogen and oxygen atoms in total. The third-order valence-corrected chi connectivity index (χ3v) is 4.27. The van der Waals surface area contributed by atoms with Crippen LogP contribution < -0.4 is 0 Å². The average Bonchev–Trinajstić information content (AvgIpc) is 2.46. The second-order valence-corrected chi connectivity index (χ2v) is 6.01. The molecule has 1 aromatic rings. The molecule has 0 amide bonds. The maximum Gasteiger partial charge on any atom is 0.123 e. The molecule has 0 saturated heterocycles. The van der Waals surface area contributed by atoms with Crippen LogP contribution in [-0.2, 0) is 6.42 Å². The Morgan fingerprint density at radius 2 is 2.11 bits per heavy atom. The van der Waals surface area contributed by atoms with Crippen molar-refractivity contribution in [1.29, 1.82) is 0 Å². The second kappa shape index (κ2) is 5.40. The Labute approximate surface area is 109 Å². The summed E-state index contributed by atoms with van der Waals surface area (Å²) in [4.78, 5) is 0. The van der Waals surface area contributed by atoms with E-state index in [1.807, 2.05) is 13.0 Å². The van der Waals surface area contributed by atoms with E-state index in [1.54, 1.807) is 6.07 Å². The maximum atomic E-state index is 13.1. The standard InChI is InChI=1S/C16H23FO/c1-12-4-3-8-16(18,9-7-12)11-14-5-6-15(17)10-13(14)2/h5-6,10,12,18H,3-4,7-9,11H2,1-2H3. The van der Waals surface area contributed by atoms with Crippen molar-refractivity contribution in [2.45, 2.75) is 58.0 Å². The van der Waals surface area contributed by atoms with Crippen molar-refractivity contribution in [1.82, 2.24) is 0 Å². The van der Waals surface area contributed by atoms with Crippen molar-refractivity contribution < 1.29 is 9.50 Å². The molecule has 0 aliphatic heterocycles. The predicted octanol–water partition coefficient (Wildman–Crippen LogP) is 4.01. The van der Waals surface area contributed by atoms with Crippen LogP contribution in [-0.4, -0.2) is 10.7 Å². The number of hydrogen-bond acceptors (Lipinski definition) is 1. The average molecular weight is 250 g/mol. The van der Waals surface area contributed by atoms with Crippen molar-refractivity contribution in [2.75, 3.05) is 0 Å². The van der Waals surface area contributed by atoms with Crippen LogP contribution in [0.1, 0.15) is 50.2 Å². The van der Waals surface area contributed by atoms with Gasteiger partial charge in [-0.2, -0.15) is 0 Å². The van der Waals surface area contributed by atoms with Gasteiger partial charge in [0.1, 0.15) is 5.82 Å². The molecule has 18 heavy (non-hydrogen) atoms. The van der Waals surface area contributed by atoms with Crippen molar-refractivity contribution in [2.24, 2.45) is 5.92 Å².